The fourth-order valence-electron chi connectivity index (χ4n) is 2.26. The van der Waals surface area contributed by atoms with Gasteiger partial charge in [0.05, 0.1) is 6.42 Å². The normalized spacial score (nSPS) is 12.2. The molecule has 1 aromatic rings. The first-order valence-corrected chi connectivity index (χ1v) is 7.98. The van der Waals surface area contributed by atoms with E-state index in [9.17, 15) is 4.79 Å². The number of hydrogen-bond donors (Lipinski definition) is 2. The van der Waals surface area contributed by atoms with Gasteiger partial charge in [0.1, 0.15) is 0 Å². The number of benzene rings is 1. The standard InChI is InChI=1S/C15H22Cl2N2O2/c1-11-8-14(19(6-4-16)7-5-17)3-2-12(11)9-13(18)10-15(20)21/h2-3,8,13H,4-7,9-10,18H2,1H3,(H,20,21). The van der Waals surface area contributed by atoms with Crippen LogP contribution in [-0.2, 0) is 11.2 Å². The van der Waals surface area contributed by atoms with Crippen molar-refractivity contribution in [3.8, 4) is 0 Å². The quantitative estimate of drug-likeness (QED) is 0.682. The molecular weight excluding hydrogens is 311 g/mol. The molecule has 0 fully saturated rings. The van der Waals surface area contributed by atoms with Gasteiger partial charge in [-0.2, -0.15) is 0 Å². The number of carboxylic acid groups (broad SMARTS) is 1. The van der Waals surface area contributed by atoms with Gasteiger partial charge in [-0.1, -0.05) is 6.07 Å². The van der Waals surface area contributed by atoms with E-state index in [2.05, 4.69) is 11.0 Å². The molecule has 6 heteroatoms. The summed E-state index contributed by atoms with van der Waals surface area (Å²) in [5.74, 6) is 0.217. The fraction of sp³-hybridized carbons (Fsp3) is 0.533. The average molecular weight is 333 g/mol. The van der Waals surface area contributed by atoms with Gasteiger partial charge in [0, 0.05) is 36.6 Å². The molecule has 1 unspecified atom stereocenters. The summed E-state index contributed by atoms with van der Waals surface area (Å²) in [7, 11) is 0. The zero-order valence-electron chi connectivity index (χ0n) is 12.2. The second-order valence-electron chi connectivity index (χ2n) is 5.04. The minimum Gasteiger partial charge on any atom is -0.481 e. The van der Waals surface area contributed by atoms with E-state index in [-0.39, 0.29) is 12.5 Å². The van der Waals surface area contributed by atoms with E-state index in [1.54, 1.807) is 0 Å². The van der Waals surface area contributed by atoms with E-state index < -0.39 is 5.97 Å². The van der Waals surface area contributed by atoms with Gasteiger partial charge in [-0.05, 0) is 36.6 Å². The molecule has 0 heterocycles. The lowest BCUT2D eigenvalue weighted by Crippen LogP contribution is -2.28. The van der Waals surface area contributed by atoms with Crippen molar-refractivity contribution in [2.24, 2.45) is 5.73 Å². The average Bonchev–Trinajstić information content (AvgIpc) is 2.40. The van der Waals surface area contributed by atoms with E-state index in [0.29, 0.717) is 18.2 Å². The summed E-state index contributed by atoms with van der Waals surface area (Å²) in [5, 5.41) is 8.75. The third kappa shape index (κ3) is 6.12. The van der Waals surface area contributed by atoms with Crippen LogP contribution >= 0.6 is 23.2 Å². The van der Waals surface area contributed by atoms with E-state index in [1.165, 1.54) is 0 Å². The smallest absolute Gasteiger partial charge is 0.304 e. The Hall–Kier alpha value is -0.970. The number of aryl methyl sites for hydroxylation is 1. The molecule has 0 aliphatic rings. The highest BCUT2D eigenvalue weighted by molar-refractivity contribution is 6.18. The van der Waals surface area contributed by atoms with Crippen LogP contribution in [-0.4, -0.2) is 42.0 Å². The van der Waals surface area contributed by atoms with Crippen molar-refractivity contribution in [1.82, 2.24) is 0 Å². The Morgan fingerprint density at radius 3 is 2.43 bits per heavy atom. The Kier molecular flexibility index (Phi) is 7.86. The maximum atomic E-state index is 10.7. The zero-order valence-corrected chi connectivity index (χ0v) is 13.7. The third-order valence-electron chi connectivity index (χ3n) is 3.32. The number of alkyl halides is 2. The molecule has 118 valence electrons. The minimum absolute atomic E-state index is 0.0220. The van der Waals surface area contributed by atoms with Crippen LogP contribution in [0.1, 0.15) is 17.5 Å². The molecule has 0 amide bonds. The molecule has 0 aliphatic carbocycles. The maximum Gasteiger partial charge on any atom is 0.304 e. The third-order valence-corrected chi connectivity index (χ3v) is 3.66. The second kappa shape index (κ2) is 9.13. The molecule has 1 rings (SSSR count). The van der Waals surface area contributed by atoms with Crippen molar-refractivity contribution in [3.63, 3.8) is 0 Å². The van der Waals surface area contributed by atoms with E-state index >= 15 is 0 Å². The topological polar surface area (TPSA) is 66.6 Å². The molecule has 4 nitrogen and oxygen atoms in total. The van der Waals surface area contributed by atoms with E-state index in [0.717, 1.165) is 29.9 Å². The SMILES string of the molecule is Cc1cc(N(CCCl)CCCl)ccc1CC(N)CC(=O)O. The lowest BCUT2D eigenvalue weighted by Gasteiger charge is -2.24. The van der Waals surface area contributed by atoms with E-state index in [1.807, 2.05) is 19.1 Å². The number of anilines is 1. The molecule has 0 saturated heterocycles. The molecule has 21 heavy (non-hydrogen) atoms. The van der Waals surface area contributed by atoms with Gasteiger partial charge in [-0.25, -0.2) is 0 Å². The van der Waals surface area contributed by atoms with Crippen LogP contribution in [0.4, 0.5) is 5.69 Å². The molecule has 0 radical (unpaired) electrons. The molecule has 0 saturated carbocycles. The summed E-state index contributed by atoms with van der Waals surface area (Å²) < 4.78 is 0. The van der Waals surface area contributed by atoms with Crippen LogP contribution in [0.5, 0.6) is 0 Å². The molecule has 0 aliphatic heterocycles. The van der Waals surface area contributed by atoms with Gasteiger partial charge in [-0.15, -0.1) is 23.2 Å². The Balaban J connectivity index is 2.81. The van der Waals surface area contributed by atoms with E-state index in [4.69, 9.17) is 34.0 Å². The predicted molar refractivity (Wildman–Crippen MR) is 88.8 cm³/mol. The van der Waals surface area contributed by atoms with Crippen LogP contribution in [0, 0.1) is 6.92 Å². The molecule has 1 aromatic carbocycles. The molecule has 0 spiro atoms. The lowest BCUT2D eigenvalue weighted by atomic mass is 9.99. The van der Waals surface area contributed by atoms with Gasteiger partial charge in [0.15, 0.2) is 0 Å². The highest BCUT2D eigenvalue weighted by Crippen LogP contribution is 2.20. The fourth-order valence-corrected chi connectivity index (χ4v) is 2.67. The maximum absolute atomic E-state index is 10.7. The number of carbonyl (C=O) groups is 1. The largest absolute Gasteiger partial charge is 0.481 e. The summed E-state index contributed by atoms with van der Waals surface area (Å²) in [6, 6.07) is 5.72. The molecule has 0 aromatic heterocycles. The lowest BCUT2D eigenvalue weighted by molar-refractivity contribution is -0.137. The molecule has 0 bridgehead atoms. The number of nitrogens with two attached hydrogens (primary N) is 1. The van der Waals surface area contributed by atoms with Crippen LogP contribution in [0.15, 0.2) is 18.2 Å². The second-order valence-corrected chi connectivity index (χ2v) is 5.79. The van der Waals surface area contributed by atoms with Gasteiger partial charge in [0.25, 0.3) is 0 Å². The van der Waals surface area contributed by atoms with Crippen molar-refractivity contribution in [3.05, 3.63) is 29.3 Å². The number of hydrogen-bond acceptors (Lipinski definition) is 3. The Morgan fingerprint density at radius 1 is 1.33 bits per heavy atom. The Bertz CT molecular complexity index is 463. The summed E-state index contributed by atoms with van der Waals surface area (Å²) >= 11 is 11.6. The van der Waals surface area contributed by atoms with Crippen molar-refractivity contribution in [2.45, 2.75) is 25.8 Å². The molecular formula is C15H22Cl2N2O2. The number of nitrogens with zero attached hydrogens (tertiary/aromatic N) is 1. The summed E-state index contributed by atoms with van der Waals surface area (Å²) in [6.45, 7) is 3.49. The number of halogens is 2. The van der Waals surface area contributed by atoms with Crippen molar-refractivity contribution >= 4 is 34.9 Å². The first kappa shape index (κ1) is 18.1. The molecule has 1 atom stereocenters. The van der Waals surface area contributed by atoms with Gasteiger partial charge in [-0.3, -0.25) is 4.79 Å². The Morgan fingerprint density at radius 2 is 1.95 bits per heavy atom. The zero-order chi connectivity index (χ0) is 15.8. The first-order chi connectivity index (χ1) is 9.97. The molecule has 3 N–H and O–H groups in total. The van der Waals surface area contributed by atoms with Gasteiger partial charge < -0.3 is 15.7 Å². The monoisotopic (exact) mass is 332 g/mol. The number of aliphatic carboxylic acids is 1. The Labute approximate surface area is 135 Å². The van der Waals surface area contributed by atoms with Crippen molar-refractivity contribution in [2.75, 3.05) is 29.7 Å². The minimum atomic E-state index is -0.868. The van der Waals surface area contributed by atoms with Crippen LogP contribution in [0.3, 0.4) is 0 Å². The highest BCUT2D eigenvalue weighted by Gasteiger charge is 2.12. The van der Waals surface area contributed by atoms with Gasteiger partial charge in [0.2, 0.25) is 0 Å². The number of carboxylic acids is 1. The summed E-state index contributed by atoms with van der Waals surface area (Å²) in [6.07, 6.45) is 0.537. The van der Waals surface area contributed by atoms with Crippen molar-refractivity contribution < 1.29 is 9.90 Å². The first-order valence-electron chi connectivity index (χ1n) is 6.91. The van der Waals surface area contributed by atoms with Crippen LogP contribution in [0.25, 0.3) is 0 Å². The van der Waals surface area contributed by atoms with Crippen molar-refractivity contribution in [1.29, 1.82) is 0 Å². The van der Waals surface area contributed by atoms with Crippen LogP contribution in [0.2, 0.25) is 0 Å². The summed E-state index contributed by atoms with van der Waals surface area (Å²) in [5.41, 5.74) is 9.09. The number of rotatable bonds is 9. The highest BCUT2D eigenvalue weighted by atomic mass is 35.5. The predicted octanol–water partition coefficient (Wildman–Crippen LogP) is 2.62. The van der Waals surface area contributed by atoms with Gasteiger partial charge >= 0.3 is 5.97 Å². The van der Waals surface area contributed by atoms with Crippen LogP contribution < -0.4 is 10.6 Å². The summed E-state index contributed by atoms with van der Waals surface area (Å²) in [4.78, 5) is 12.8.